The zero-order valence-corrected chi connectivity index (χ0v) is 13.7. The second-order valence-electron chi connectivity index (χ2n) is 4.44. The van der Waals surface area contributed by atoms with Crippen molar-refractivity contribution in [3.63, 3.8) is 0 Å². The molecule has 0 atom stereocenters. The molecule has 5 heteroatoms. The van der Waals surface area contributed by atoms with Gasteiger partial charge in [-0.3, -0.25) is 9.59 Å². The number of halogens is 1. The van der Waals surface area contributed by atoms with Crippen molar-refractivity contribution in [2.45, 2.75) is 13.3 Å². The molecule has 2 N–H and O–H groups in total. The number of rotatable bonds is 4. The molecule has 2 rings (SSSR count). The van der Waals surface area contributed by atoms with Crippen molar-refractivity contribution in [2.75, 3.05) is 10.6 Å². The first-order valence-electron chi connectivity index (χ1n) is 6.55. The number of hydrogen-bond acceptors (Lipinski definition) is 2. The second kappa shape index (κ2) is 7.21. The van der Waals surface area contributed by atoms with E-state index in [0.717, 1.165) is 3.57 Å². The topological polar surface area (TPSA) is 58.2 Å². The van der Waals surface area contributed by atoms with Crippen LogP contribution in [0.1, 0.15) is 23.7 Å². The molecule has 2 aromatic carbocycles. The van der Waals surface area contributed by atoms with Crippen LogP contribution in [0.3, 0.4) is 0 Å². The summed E-state index contributed by atoms with van der Waals surface area (Å²) >= 11 is 2.17. The third-order valence-corrected chi connectivity index (χ3v) is 3.51. The molecule has 0 fully saturated rings. The van der Waals surface area contributed by atoms with Crippen molar-refractivity contribution in [3.8, 4) is 0 Å². The van der Waals surface area contributed by atoms with E-state index in [4.69, 9.17) is 0 Å². The van der Waals surface area contributed by atoms with Crippen molar-refractivity contribution < 1.29 is 9.59 Å². The molecule has 0 unspecified atom stereocenters. The SMILES string of the molecule is CCC(=O)Nc1ccc(NC(=O)c2cccc(I)c2)cc1. The van der Waals surface area contributed by atoms with Gasteiger partial charge in [-0.1, -0.05) is 13.0 Å². The van der Waals surface area contributed by atoms with Crippen molar-refractivity contribution in [3.05, 3.63) is 57.7 Å². The monoisotopic (exact) mass is 394 g/mol. The molecule has 2 aromatic rings. The quantitative estimate of drug-likeness (QED) is 0.774. The number of nitrogens with one attached hydrogen (secondary N) is 2. The Morgan fingerprint density at radius 3 is 2.19 bits per heavy atom. The van der Waals surface area contributed by atoms with Gasteiger partial charge in [0.1, 0.15) is 0 Å². The number of anilines is 2. The standard InChI is InChI=1S/C16H15IN2O2/c1-2-15(20)18-13-6-8-14(9-7-13)19-16(21)11-4-3-5-12(17)10-11/h3-10H,2H2,1H3,(H,18,20)(H,19,21). The van der Waals surface area contributed by atoms with Crippen LogP contribution < -0.4 is 10.6 Å². The van der Waals surface area contributed by atoms with Crippen LogP contribution in [0, 0.1) is 3.57 Å². The van der Waals surface area contributed by atoms with Gasteiger partial charge in [-0.05, 0) is 65.1 Å². The zero-order chi connectivity index (χ0) is 15.2. The smallest absolute Gasteiger partial charge is 0.255 e. The Hall–Kier alpha value is -1.89. The summed E-state index contributed by atoms with van der Waals surface area (Å²) in [5, 5.41) is 5.58. The molecule has 21 heavy (non-hydrogen) atoms. The first-order valence-corrected chi connectivity index (χ1v) is 7.63. The molecule has 0 saturated heterocycles. The average Bonchev–Trinajstić information content (AvgIpc) is 2.49. The summed E-state index contributed by atoms with van der Waals surface area (Å²) in [6.45, 7) is 1.80. The summed E-state index contributed by atoms with van der Waals surface area (Å²) in [4.78, 5) is 23.4. The Morgan fingerprint density at radius 2 is 1.62 bits per heavy atom. The van der Waals surface area contributed by atoms with Crippen LogP contribution >= 0.6 is 22.6 Å². The van der Waals surface area contributed by atoms with E-state index in [1.54, 1.807) is 37.3 Å². The Labute approximate surface area is 137 Å². The minimum Gasteiger partial charge on any atom is -0.326 e. The zero-order valence-electron chi connectivity index (χ0n) is 11.5. The van der Waals surface area contributed by atoms with Crippen LogP contribution in [0.4, 0.5) is 11.4 Å². The average molecular weight is 394 g/mol. The third-order valence-electron chi connectivity index (χ3n) is 2.83. The fraction of sp³-hybridized carbons (Fsp3) is 0.125. The molecule has 0 bridgehead atoms. The van der Waals surface area contributed by atoms with Gasteiger partial charge < -0.3 is 10.6 Å². The number of amides is 2. The highest BCUT2D eigenvalue weighted by Crippen LogP contribution is 2.15. The summed E-state index contributed by atoms with van der Waals surface area (Å²) < 4.78 is 1.01. The maximum atomic E-state index is 12.1. The number of benzene rings is 2. The molecule has 0 aliphatic carbocycles. The summed E-state index contributed by atoms with van der Waals surface area (Å²) in [6.07, 6.45) is 0.436. The lowest BCUT2D eigenvalue weighted by Gasteiger charge is -2.07. The fourth-order valence-corrected chi connectivity index (χ4v) is 2.26. The minimum atomic E-state index is -0.154. The van der Waals surface area contributed by atoms with Crippen molar-refractivity contribution >= 4 is 45.8 Å². The Morgan fingerprint density at radius 1 is 1.00 bits per heavy atom. The van der Waals surface area contributed by atoms with Gasteiger partial charge in [0.2, 0.25) is 5.91 Å². The maximum absolute atomic E-state index is 12.1. The normalized spacial score (nSPS) is 10.0. The van der Waals surface area contributed by atoms with E-state index in [1.165, 1.54) is 0 Å². The van der Waals surface area contributed by atoms with Gasteiger partial charge in [0.25, 0.3) is 5.91 Å². The van der Waals surface area contributed by atoms with E-state index in [-0.39, 0.29) is 11.8 Å². The lowest BCUT2D eigenvalue weighted by molar-refractivity contribution is -0.115. The van der Waals surface area contributed by atoms with E-state index >= 15 is 0 Å². The van der Waals surface area contributed by atoms with Crippen molar-refractivity contribution in [1.82, 2.24) is 0 Å². The molecule has 0 spiro atoms. The Balaban J connectivity index is 2.03. The highest BCUT2D eigenvalue weighted by Gasteiger charge is 2.06. The molecule has 0 heterocycles. The molecule has 0 aliphatic rings. The van der Waals surface area contributed by atoms with Crippen LogP contribution in [0.2, 0.25) is 0 Å². The number of hydrogen-bond donors (Lipinski definition) is 2. The van der Waals surface area contributed by atoms with Crippen LogP contribution in [0.5, 0.6) is 0 Å². The van der Waals surface area contributed by atoms with Gasteiger partial charge in [0.15, 0.2) is 0 Å². The summed E-state index contributed by atoms with van der Waals surface area (Å²) in [5.74, 6) is -0.190. The molecule has 2 amide bonds. The van der Waals surface area contributed by atoms with Crippen LogP contribution in [0.15, 0.2) is 48.5 Å². The Kier molecular flexibility index (Phi) is 5.32. The fourth-order valence-electron chi connectivity index (χ4n) is 1.72. The molecule has 0 aliphatic heterocycles. The molecule has 0 radical (unpaired) electrons. The van der Waals surface area contributed by atoms with Crippen LogP contribution in [-0.2, 0) is 4.79 Å². The van der Waals surface area contributed by atoms with Gasteiger partial charge in [0.05, 0.1) is 0 Å². The van der Waals surface area contributed by atoms with E-state index in [1.807, 2.05) is 18.2 Å². The summed E-state index contributed by atoms with van der Waals surface area (Å²) in [6, 6.07) is 14.4. The molecule has 0 saturated carbocycles. The van der Waals surface area contributed by atoms with Gasteiger partial charge in [-0.25, -0.2) is 0 Å². The lowest BCUT2D eigenvalue weighted by Crippen LogP contribution is -2.12. The number of carbonyl (C=O) groups is 2. The van der Waals surface area contributed by atoms with Gasteiger partial charge in [0, 0.05) is 26.9 Å². The molecule has 108 valence electrons. The van der Waals surface area contributed by atoms with E-state index in [2.05, 4.69) is 33.2 Å². The second-order valence-corrected chi connectivity index (χ2v) is 5.69. The van der Waals surface area contributed by atoms with Gasteiger partial charge in [-0.2, -0.15) is 0 Å². The van der Waals surface area contributed by atoms with Crippen LogP contribution in [0.25, 0.3) is 0 Å². The van der Waals surface area contributed by atoms with E-state index in [0.29, 0.717) is 23.4 Å². The molecular formula is C16H15IN2O2. The van der Waals surface area contributed by atoms with Gasteiger partial charge in [-0.15, -0.1) is 0 Å². The predicted octanol–water partition coefficient (Wildman–Crippen LogP) is 3.89. The minimum absolute atomic E-state index is 0.0364. The highest BCUT2D eigenvalue weighted by atomic mass is 127. The van der Waals surface area contributed by atoms with Crippen LogP contribution in [-0.4, -0.2) is 11.8 Å². The number of carbonyl (C=O) groups excluding carboxylic acids is 2. The molecular weight excluding hydrogens is 379 g/mol. The maximum Gasteiger partial charge on any atom is 0.255 e. The first kappa shape index (κ1) is 15.5. The Bertz CT molecular complexity index is 654. The van der Waals surface area contributed by atoms with E-state index in [9.17, 15) is 9.59 Å². The molecule has 4 nitrogen and oxygen atoms in total. The highest BCUT2D eigenvalue weighted by molar-refractivity contribution is 14.1. The lowest BCUT2D eigenvalue weighted by atomic mass is 10.2. The first-order chi connectivity index (χ1) is 10.1. The molecule has 0 aromatic heterocycles. The van der Waals surface area contributed by atoms with Crippen molar-refractivity contribution in [1.29, 1.82) is 0 Å². The largest absolute Gasteiger partial charge is 0.326 e. The van der Waals surface area contributed by atoms with E-state index < -0.39 is 0 Å². The summed E-state index contributed by atoms with van der Waals surface area (Å²) in [7, 11) is 0. The van der Waals surface area contributed by atoms with Gasteiger partial charge >= 0.3 is 0 Å². The third kappa shape index (κ3) is 4.56. The van der Waals surface area contributed by atoms with Crippen molar-refractivity contribution in [2.24, 2.45) is 0 Å². The predicted molar refractivity (Wildman–Crippen MR) is 92.5 cm³/mol. The summed E-state index contributed by atoms with van der Waals surface area (Å²) in [5.41, 5.74) is 2.02.